The second kappa shape index (κ2) is 13.4. The van der Waals surface area contributed by atoms with Crippen LogP contribution in [0.25, 0.3) is 33.3 Å². The summed E-state index contributed by atoms with van der Waals surface area (Å²) in [6.07, 6.45) is 5.00. The molecule has 49 heavy (non-hydrogen) atoms. The molecule has 0 spiro atoms. The van der Waals surface area contributed by atoms with Crippen LogP contribution in [0.3, 0.4) is 0 Å². The molecule has 0 radical (unpaired) electrons. The Kier molecular flexibility index (Phi) is 9.34. The fraction of sp³-hybridized carbons (Fsp3) is 0.417. The molecule has 1 saturated heterocycles. The van der Waals surface area contributed by atoms with Gasteiger partial charge in [-0.25, -0.2) is 27.2 Å². The average molecular weight is 689 g/mol. The molecule has 0 saturated carbocycles. The summed E-state index contributed by atoms with van der Waals surface area (Å²) in [5.74, 6) is 1.17. The summed E-state index contributed by atoms with van der Waals surface area (Å²) in [5, 5.41) is 4.30. The smallest absolute Gasteiger partial charge is 0.410 e. The van der Waals surface area contributed by atoms with Gasteiger partial charge in [-0.05, 0) is 82.8 Å². The fourth-order valence-electron chi connectivity index (χ4n) is 6.33. The minimum absolute atomic E-state index is 0.160. The Morgan fingerprint density at radius 2 is 1.76 bits per heavy atom. The van der Waals surface area contributed by atoms with Crippen molar-refractivity contribution in [2.24, 2.45) is 13.0 Å². The molecular formula is C36H44N6O6S. The Labute approximate surface area is 287 Å². The number of nitrogens with one attached hydrogen (secondary N) is 1. The molecule has 1 fully saturated rings. The largest absolute Gasteiger partial charge is 0.491 e. The molecule has 0 bridgehead atoms. The maximum absolute atomic E-state index is 14.5. The van der Waals surface area contributed by atoms with Gasteiger partial charge in [-0.1, -0.05) is 17.7 Å². The first-order valence-corrected chi connectivity index (χ1v) is 17.8. The molecule has 1 amide bonds. The predicted octanol–water partition coefficient (Wildman–Crippen LogP) is 5.89. The minimum Gasteiger partial charge on any atom is -0.491 e. The number of carbonyl (C=O) groups is 1. The zero-order chi connectivity index (χ0) is 35.1. The van der Waals surface area contributed by atoms with E-state index in [9.17, 15) is 13.2 Å². The number of benzene rings is 1. The van der Waals surface area contributed by atoms with Crippen LogP contribution < -0.4 is 14.8 Å². The summed E-state index contributed by atoms with van der Waals surface area (Å²) in [6.45, 7) is 10.1. The van der Waals surface area contributed by atoms with Crippen LogP contribution in [0.4, 0.5) is 4.79 Å². The third kappa shape index (κ3) is 6.82. The number of nitrogens with zero attached hydrogens (tertiary/aromatic N) is 5. The van der Waals surface area contributed by atoms with E-state index in [-0.39, 0.29) is 11.0 Å². The number of aryl methyl sites for hydroxylation is 2. The molecule has 1 N–H and O–H groups in total. The Bertz CT molecular complexity index is 2110. The molecule has 0 aliphatic carbocycles. The van der Waals surface area contributed by atoms with Crippen molar-refractivity contribution in [3.63, 3.8) is 0 Å². The lowest BCUT2D eigenvalue weighted by molar-refractivity contribution is 0.0184. The topological polar surface area (TPSA) is 130 Å². The Morgan fingerprint density at radius 3 is 2.41 bits per heavy atom. The Balaban J connectivity index is 1.35. The maximum atomic E-state index is 14.5. The number of piperidine rings is 1. The third-order valence-corrected chi connectivity index (χ3v) is 10.6. The second-order valence-corrected chi connectivity index (χ2v) is 15.4. The first-order chi connectivity index (χ1) is 23.3. The molecule has 0 atom stereocenters. The van der Waals surface area contributed by atoms with Gasteiger partial charge in [-0.2, -0.15) is 0 Å². The molecule has 5 heterocycles. The van der Waals surface area contributed by atoms with E-state index in [1.165, 1.54) is 11.1 Å². The van der Waals surface area contributed by atoms with E-state index in [4.69, 9.17) is 19.2 Å². The second-order valence-electron chi connectivity index (χ2n) is 13.6. The number of ether oxygens (including phenoxy) is 3. The summed E-state index contributed by atoms with van der Waals surface area (Å²) in [7, 11) is 0.866. The van der Waals surface area contributed by atoms with Crippen molar-refractivity contribution in [3.8, 4) is 22.9 Å². The number of methoxy groups -OCH3 is 2. The zero-order valence-electron chi connectivity index (χ0n) is 29.1. The fourth-order valence-corrected chi connectivity index (χ4v) is 7.80. The van der Waals surface area contributed by atoms with E-state index in [1.54, 1.807) is 42.5 Å². The van der Waals surface area contributed by atoms with Gasteiger partial charge in [0.05, 0.1) is 30.3 Å². The minimum atomic E-state index is -4.09. The van der Waals surface area contributed by atoms with Gasteiger partial charge in [0.2, 0.25) is 0 Å². The van der Waals surface area contributed by atoms with Crippen molar-refractivity contribution in [2.45, 2.75) is 57.6 Å². The highest BCUT2D eigenvalue weighted by molar-refractivity contribution is 7.90. The van der Waals surface area contributed by atoms with Crippen molar-refractivity contribution in [2.75, 3.05) is 33.9 Å². The average Bonchev–Trinajstić information content (AvgIpc) is 3.62. The molecule has 5 aromatic rings. The van der Waals surface area contributed by atoms with Crippen LogP contribution >= 0.6 is 0 Å². The van der Waals surface area contributed by atoms with E-state index in [0.29, 0.717) is 59.6 Å². The van der Waals surface area contributed by atoms with E-state index >= 15 is 0 Å². The molecule has 1 aliphatic rings. The van der Waals surface area contributed by atoms with Crippen LogP contribution in [0.2, 0.25) is 0 Å². The maximum Gasteiger partial charge on any atom is 0.410 e. The lowest BCUT2D eigenvalue weighted by Gasteiger charge is -2.33. The van der Waals surface area contributed by atoms with Gasteiger partial charge in [-0.3, -0.25) is 0 Å². The number of likely N-dealkylation sites (tertiary alicyclic amines) is 1. The highest BCUT2D eigenvalue weighted by Gasteiger charge is 2.29. The highest BCUT2D eigenvalue weighted by atomic mass is 32.2. The first-order valence-electron chi connectivity index (χ1n) is 16.4. The van der Waals surface area contributed by atoms with Crippen molar-refractivity contribution in [3.05, 3.63) is 66.0 Å². The van der Waals surface area contributed by atoms with E-state index in [1.807, 2.05) is 63.7 Å². The number of carbonyl (C=O) groups excluding carboxylic acids is 1. The van der Waals surface area contributed by atoms with Crippen molar-refractivity contribution in [1.82, 2.24) is 28.7 Å². The van der Waals surface area contributed by atoms with E-state index < -0.39 is 15.6 Å². The molecular weight excluding hydrogens is 644 g/mol. The monoisotopic (exact) mass is 688 g/mol. The molecule has 0 unspecified atom stereocenters. The number of pyridine rings is 2. The van der Waals surface area contributed by atoms with Crippen LogP contribution in [0.1, 0.15) is 44.7 Å². The van der Waals surface area contributed by atoms with Gasteiger partial charge < -0.3 is 29.0 Å². The Hall–Kier alpha value is -4.62. The first kappa shape index (κ1) is 34.3. The van der Waals surface area contributed by atoms with Crippen molar-refractivity contribution in [1.29, 1.82) is 0 Å². The standard InChI is InChI=1S/C36H44N6O6S/c1-23-8-10-26(11-9-23)49(44,45)42-29(28-22-40(5)30-19-31(46-6)34(47-7)39-32(28)30)18-27-25(12-15-38-33(27)42)21-37-20-24-13-16-41(17-14-24)35(43)48-36(2,3)4/h8-12,15,18-19,22,24,37H,13-14,16-17,20-21H2,1-7H3. The lowest BCUT2D eigenvalue weighted by Crippen LogP contribution is -2.43. The van der Waals surface area contributed by atoms with Gasteiger partial charge in [0.1, 0.15) is 11.1 Å². The molecule has 6 rings (SSSR count). The summed E-state index contributed by atoms with van der Waals surface area (Å²) in [6, 6.07) is 12.5. The number of hydrogen-bond acceptors (Lipinski definition) is 9. The summed E-state index contributed by atoms with van der Waals surface area (Å²) in [4.78, 5) is 23.8. The van der Waals surface area contributed by atoms with Gasteiger partial charge >= 0.3 is 6.09 Å². The number of hydrogen-bond donors (Lipinski definition) is 1. The molecule has 12 nitrogen and oxygen atoms in total. The molecule has 1 aliphatic heterocycles. The number of amides is 1. The lowest BCUT2D eigenvalue weighted by atomic mass is 9.97. The predicted molar refractivity (Wildman–Crippen MR) is 189 cm³/mol. The van der Waals surface area contributed by atoms with Crippen molar-refractivity contribution >= 4 is 38.2 Å². The van der Waals surface area contributed by atoms with Gasteiger partial charge in [0.25, 0.3) is 15.9 Å². The SMILES string of the molecule is COc1cc2c(nc1OC)c(-c1cc3c(CNCC4CCN(C(=O)OC(C)(C)C)CC4)ccnc3n1S(=O)(=O)c1ccc(C)cc1)cn2C. The normalized spacial score (nSPS) is 14.5. The van der Waals surface area contributed by atoms with Crippen LogP contribution in [0.15, 0.2) is 59.8 Å². The third-order valence-electron chi connectivity index (χ3n) is 8.91. The van der Waals surface area contributed by atoms with Crippen molar-refractivity contribution < 1.29 is 27.4 Å². The van der Waals surface area contributed by atoms with Crippen LogP contribution in [0, 0.1) is 12.8 Å². The number of fused-ring (bicyclic) bond motifs is 2. The van der Waals surface area contributed by atoms with Gasteiger partial charge in [0, 0.05) is 56.1 Å². The van der Waals surface area contributed by atoms with Crippen LogP contribution in [-0.2, 0) is 28.4 Å². The summed E-state index contributed by atoms with van der Waals surface area (Å²) in [5.41, 5.74) is 4.07. The number of aromatic nitrogens is 4. The summed E-state index contributed by atoms with van der Waals surface area (Å²) < 4.78 is 48.7. The molecule has 13 heteroatoms. The van der Waals surface area contributed by atoms with E-state index in [2.05, 4.69) is 10.3 Å². The van der Waals surface area contributed by atoms with Gasteiger partial charge in [-0.15, -0.1) is 0 Å². The zero-order valence-corrected chi connectivity index (χ0v) is 29.9. The van der Waals surface area contributed by atoms with Gasteiger partial charge in [0.15, 0.2) is 11.4 Å². The Morgan fingerprint density at radius 1 is 1.04 bits per heavy atom. The molecule has 1 aromatic carbocycles. The van der Waals surface area contributed by atoms with Crippen LogP contribution in [0.5, 0.6) is 11.6 Å². The molecule has 4 aromatic heterocycles. The molecule has 260 valence electrons. The summed E-state index contributed by atoms with van der Waals surface area (Å²) >= 11 is 0. The van der Waals surface area contributed by atoms with Crippen LogP contribution in [-0.4, -0.2) is 77.4 Å². The van der Waals surface area contributed by atoms with E-state index in [0.717, 1.165) is 41.4 Å². The quantitative estimate of drug-likeness (QED) is 0.202. The number of rotatable bonds is 9. The highest BCUT2D eigenvalue weighted by Crippen LogP contribution is 2.39.